The molecular formula is C12H14N4S. The van der Waals surface area contributed by atoms with Crippen molar-refractivity contribution in [1.29, 1.82) is 10.5 Å². The Hall–Kier alpha value is -1.72. The third-order valence-corrected chi connectivity index (χ3v) is 4.28. The van der Waals surface area contributed by atoms with E-state index < -0.39 is 0 Å². The van der Waals surface area contributed by atoms with Gasteiger partial charge in [0.1, 0.15) is 27.6 Å². The number of nitrogens with zero attached hydrogens (tertiary/aromatic N) is 3. The van der Waals surface area contributed by atoms with Crippen molar-refractivity contribution < 1.29 is 0 Å². The molecule has 0 amide bonds. The molecule has 1 aliphatic rings. The van der Waals surface area contributed by atoms with Gasteiger partial charge in [-0.2, -0.15) is 10.5 Å². The highest BCUT2D eigenvalue weighted by Crippen LogP contribution is 2.41. The minimum absolute atomic E-state index is 0.262. The van der Waals surface area contributed by atoms with E-state index in [2.05, 4.69) is 30.9 Å². The molecule has 2 N–H and O–H groups in total. The Balaban J connectivity index is 2.41. The molecule has 0 saturated carbocycles. The lowest BCUT2D eigenvalue weighted by molar-refractivity contribution is 0.419. The van der Waals surface area contributed by atoms with E-state index in [1.165, 1.54) is 11.3 Å². The van der Waals surface area contributed by atoms with Gasteiger partial charge in [-0.05, 0) is 11.8 Å². The van der Waals surface area contributed by atoms with Crippen molar-refractivity contribution in [2.75, 3.05) is 23.7 Å². The van der Waals surface area contributed by atoms with Gasteiger partial charge < -0.3 is 10.6 Å². The van der Waals surface area contributed by atoms with Gasteiger partial charge in [-0.25, -0.2) is 0 Å². The molecule has 0 aromatic carbocycles. The molecule has 0 atom stereocenters. The number of hydrogen-bond acceptors (Lipinski definition) is 5. The van der Waals surface area contributed by atoms with E-state index >= 15 is 0 Å². The maximum absolute atomic E-state index is 9.14. The summed E-state index contributed by atoms with van der Waals surface area (Å²) >= 11 is 1.33. The van der Waals surface area contributed by atoms with Gasteiger partial charge >= 0.3 is 0 Å². The lowest BCUT2D eigenvalue weighted by Gasteiger charge is -2.20. The van der Waals surface area contributed by atoms with Gasteiger partial charge in [-0.1, -0.05) is 13.8 Å². The summed E-state index contributed by atoms with van der Waals surface area (Å²) in [6.07, 6.45) is 1.09. The van der Waals surface area contributed by atoms with Crippen molar-refractivity contribution in [3.05, 3.63) is 10.4 Å². The molecule has 1 aromatic heterocycles. The summed E-state index contributed by atoms with van der Waals surface area (Å²) in [5, 5.41) is 18.9. The smallest absolute Gasteiger partial charge is 0.131 e. The van der Waals surface area contributed by atoms with Crippen LogP contribution in [0.1, 0.15) is 30.7 Å². The van der Waals surface area contributed by atoms with Crippen molar-refractivity contribution in [2.24, 2.45) is 5.41 Å². The molecule has 0 unspecified atom stereocenters. The van der Waals surface area contributed by atoms with Gasteiger partial charge in [0, 0.05) is 13.1 Å². The normalized spacial score (nSPS) is 17.8. The topological polar surface area (TPSA) is 76.8 Å². The second kappa shape index (κ2) is 3.94. The summed E-state index contributed by atoms with van der Waals surface area (Å²) in [5.41, 5.74) is 6.86. The third kappa shape index (κ3) is 1.94. The Morgan fingerprint density at radius 3 is 2.53 bits per heavy atom. The van der Waals surface area contributed by atoms with Gasteiger partial charge in [0.25, 0.3) is 0 Å². The fourth-order valence-electron chi connectivity index (χ4n) is 2.13. The van der Waals surface area contributed by atoms with E-state index in [-0.39, 0.29) is 5.41 Å². The molecule has 1 aliphatic heterocycles. The first-order valence-corrected chi connectivity index (χ1v) is 6.27. The molecule has 0 spiro atoms. The van der Waals surface area contributed by atoms with Crippen molar-refractivity contribution in [3.8, 4) is 12.1 Å². The Morgan fingerprint density at radius 1 is 1.35 bits per heavy atom. The molecule has 17 heavy (non-hydrogen) atoms. The summed E-state index contributed by atoms with van der Waals surface area (Å²) in [5.74, 6) is 0. The zero-order chi connectivity index (χ0) is 12.6. The van der Waals surface area contributed by atoms with Gasteiger partial charge in [-0.15, -0.1) is 11.3 Å². The molecule has 4 nitrogen and oxygen atoms in total. The molecule has 1 saturated heterocycles. The number of rotatable bonds is 1. The van der Waals surface area contributed by atoms with Gasteiger partial charge in [-0.3, -0.25) is 0 Å². The van der Waals surface area contributed by atoms with Crippen LogP contribution in [0.15, 0.2) is 0 Å². The summed E-state index contributed by atoms with van der Waals surface area (Å²) in [6.45, 7) is 6.25. The van der Waals surface area contributed by atoms with Crippen LogP contribution in [0, 0.1) is 28.1 Å². The Kier molecular flexibility index (Phi) is 2.73. The maximum Gasteiger partial charge on any atom is 0.131 e. The number of nitriles is 2. The highest BCUT2D eigenvalue weighted by atomic mass is 32.1. The predicted octanol–water partition coefficient (Wildman–Crippen LogP) is 2.31. The first kappa shape index (κ1) is 11.8. The molecule has 2 heterocycles. The highest BCUT2D eigenvalue weighted by molar-refractivity contribution is 7.17. The fourth-order valence-corrected chi connectivity index (χ4v) is 3.12. The lowest BCUT2D eigenvalue weighted by atomic mass is 9.93. The number of nitrogens with two attached hydrogens (primary N) is 1. The van der Waals surface area contributed by atoms with E-state index in [9.17, 15) is 0 Å². The number of anilines is 2. The van der Waals surface area contributed by atoms with E-state index in [1.807, 2.05) is 0 Å². The standard InChI is InChI=1S/C12H14N4S/c1-12(2)3-4-16(7-12)11-8(5-13)10(15)9(6-14)17-11/h3-4,7,15H2,1-2H3. The Morgan fingerprint density at radius 2 is 2.06 bits per heavy atom. The monoisotopic (exact) mass is 246 g/mol. The summed E-state index contributed by atoms with van der Waals surface area (Å²) in [7, 11) is 0. The van der Waals surface area contributed by atoms with Gasteiger partial charge in [0.15, 0.2) is 0 Å². The average molecular weight is 246 g/mol. The number of thiophene rings is 1. The third-order valence-electron chi connectivity index (χ3n) is 3.10. The molecule has 0 aliphatic carbocycles. The molecular weight excluding hydrogens is 232 g/mol. The van der Waals surface area contributed by atoms with Crippen LogP contribution in [0.2, 0.25) is 0 Å². The zero-order valence-corrected chi connectivity index (χ0v) is 10.8. The van der Waals surface area contributed by atoms with Crippen LogP contribution in [0.25, 0.3) is 0 Å². The molecule has 2 rings (SSSR count). The van der Waals surface area contributed by atoms with Crippen molar-refractivity contribution in [1.82, 2.24) is 0 Å². The summed E-state index contributed by atoms with van der Waals surface area (Å²) in [6, 6.07) is 4.17. The summed E-state index contributed by atoms with van der Waals surface area (Å²) in [4.78, 5) is 2.61. The minimum Gasteiger partial charge on any atom is -0.396 e. The van der Waals surface area contributed by atoms with Crippen molar-refractivity contribution in [2.45, 2.75) is 20.3 Å². The second-order valence-electron chi connectivity index (χ2n) is 5.08. The first-order chi connectivity index (χ1) is 7.98. The second-order valence-corrected chi connectivity index (χ2v) is 6.08. The SMILES string of the molecule is CC1(C)CCN(c2sc(C#N)c(N)c2C#N)C1. The lowest BCUT2D eigenvalue weighted by Crippen LogP contribution is -2.22. The Bertz CT molecular complexity index is 530. The zero-order valence-electron chi connectivity index (χ0n) is 9.95. The molecule has 5 heteroatoms. The van der Waals surface area contributed by atoms with Crippen molar-refractivity contribution in [3.63, 3.8) is 0 Å². The molecule has 0 bridgehead atoms. The van der Waals surface area contributed by atoms with Crippen LogP contribution < -0.4 is 10.6 Å². The first-order valence-electron chi connectivity index (χ1n) is 5.46. The quantitative estimate of drug-likeness (QED) is 0.824. The molecule has 0 radical (unpaired) electrons. The van der Waals surface area contributed by atoms with Gasteiger partial charge in [0.2, 0.25) is 0 Å². The number of nitrogen functional groups attached to an aromatic ring is 1. The minimum atomic E-state index is 0.262. The molecule has 88 valence electrons. The van der Waals surface area contributed by atoms with Crippen LogP contribution in [-0.2, 0) is 0 Å². The van der Waals surface area contributed by atoms with Crippen LogP contribution >= 0.6 is 11.3 Å². The maximum atomic E-state index is 9.14. The Labute approximate surface area is 105 Å². The van der Waals surface area contributed by atoms with Crippen LogP contribution in [-0.4, -0.2) is 13.1 Å². The van der Waals surface area contributed by atoms with E-state index in [4.69, 9.17) is 16.3 Å². The molecule has 1 aromatic rings. The predicted molar refractivity (Wildman–Crippen MR) is 68.8 cm³/mol. The van der Waals surface area contributed by atoms with Gasteiger partial charge in [0.05, 0.1) is 5.69 Å². The van der Waals surface area contributed by atoms with Crippen LogP contribution in [0.5, 0.6) is 0 Å². The fraction of sp³-hybridized carbons (Fsp3) is 0.500. The van der Waals surface area contributed by atoms with E-state index in [1.54, 1.807) is 0 Å². The van der Waals surface area contributed by atoms with E-state index in [0.29, 0.717) is 16.1 Å². The highest BCUT2D eigenvalue weighted by Gasteiger charge is 2.32. The van der Waals surface area contributed by atoms with Crippen molar-refractivity contribution >= 4 is 22.0 Å². The van der Waals surface area contributed by atoms with Crippen LogP contribution in [0.3, 0.4) is 0 Å². The van der Waals surface area contributed by atoms with E-state index in [0.717, 1.165) is 24.5 Å². The summed E-state index contributed by atoms with van der Waals surface area (Å²) < 4.78 is 0. The largest absolute Gasteiger partial charge is 0.396 e. The number of hydrogen-bond donors (Lipinski definition) is 1. The average Bonchev–Trinajstić information content (AvgIpc) is 2.78. The van der Waals surface area contributed by atoms with Crippen LogP contribution in [0.4, 0.5) is 10.7 Å². The molecule has 1 fully saturated rings.